The van der Waals surface area contributed by atoms with Gasteiger partial charge in [0, 0.05) is 17.9 Å². The lowest BCUT2D eigenvalue weighted by atomic mass is 10.1. The third-order valence-corrected chi connectivity index (χ3v) is 4.08. The standard InChI is InChI=1S/C15H17BrN2O6/c1-23-13-7-11(15(20)17-5-2-3-10(17)9-19)12(18(21)22)8-14(13)24-6-4-16/h7-10H,2-6H2,1H3/t10-/m0/s1. The van der Waals surface area contributed by atoms with E-state index in [1.165, 1.54) is 24.1 Å². The molecule has 0 N–H and O–H groups in total. The molecule has 9 heteroatoms. The van der Waals surface area contributed by atoms with E-state index in [0.717, 1.165) is 0 Å². The van der Waals surface area contributed by atoms with Gasteiger partial charge in [-0.2, -0.15) is 0 Å². The van der Waals surface area contributed by atoms with Gasteiger partial charge < -0.3 is 19.2 Å². The van der Waals surface area contributed by atoms with E-state index in [1.807, 2.05) is 0 Å². The second-order valence-corrected chi connectivity index (χ2v) is 5.95. The average Bonchev–Trinajstić information content (AvgIpc) is 3.07. The molecule has 1 heterocycles. The highest BCUT2D eigenvalue weighted by molar-refractivity contribution is 9.09. The quantitative estimate of drug-likeness (QED) is 0.301. The summed E-state index contributed by atoms with van der Waals surface area (Å²) in [4.78, 5) is 35.9. The van der Waals surface area contributed by atoms with Crippen LogP contribution in [0.15, 0.2) is 12.1 Å². The molecule has 1 amide bonds. The van der Waals surface area contributed by atoms with Crippen LogP contribution in [-0.2, 0) is 4.79 Å². The van der Waals surface area contributed by atoms with Crippen LogP contribution in [0.1, 0.15) is 23.2 Å². The minimum atomic E-state index is -0.639. The summed E-state index contributed by atoms with van der Waals surface area (Å²) in [6.45, 7) is 0.684. The van der Waals surface area contributed by atoms with Crippen molar-refractivity contribution in [3.63, 3.8) is 0 Å². The van der Waals surface area contributed by atoms with Gasteiger partial charge in [-0.1, -0.05) is 15.9 Å². The SMILES string of the molecule is COc1cc(C(=O)N2CCC[C@H]2C=O)c([N+](=O)[O-])cc1OCCBr. The van der Waals surface area contributed by atoms with E-state index < -0.39 is 16.9 Å². The van der Waals surface area contributed by atoms with Crippen molar-refractivity contribution in [2.45, 2.75) is 18.9 Å². The second kappa shape index (κ2) is 8.09. The predicted molar refractivity (Wildman–Crippen MR) is 89.1 cm³/mol. The number of halogens is 1. The van der Waals surface area contributed by atoms with Gasteiger partial charge in [0.15, 0.2) is 11.5 Å². The molecule has 0 aliphatic carbocycles. The van der Waals surface area contributed by atoms with E-state index in [1.54, 1.807) is 0 Å². The zero-order valence-electron chi connectivity index (χ0n) is 13.1. The molecule has 1 aromatic carbocycles. The number of nitrogens with zero attached hydrogens (tertiary/aromatic N) is 2. The first kappa shape index (κ1) is 18.2. The van der Waals surface area contributed by atoms with Crippen molar-refractivity contribution in [2.24, 2.45) is 0 Å². The molecule has 1 aliphatic heterocycles. The number of carbonyl (C=O) groups excluding carboxylic acids is 2. The van der Waals surface area contributed by atoms with Crippen LogP contribution >= 0.6 is 15.9 Å². The van der Waals surface area contributed by atoms with E-state index in [-0.39, 0.29) is 22.7 Å². The fourth-order valence-corrected chi connectivity index (χ4v) is 2.80. The van der Waals surface area contributed by atoms with Gasteiger partial charge in [0.05, 0.1) is 30.7 Å². The third-order valence-electron chi connectivity index (χ3n) is 3.76. The summed E-state index contributed by atoms with van der Waals surface area (Å²) in [6, 6.07) is 1.93. The third kappa shape index (κ3) is 3.66. The number of aldehydes is 1. The summed E-state index contributed by atoms with van der Waals surface area (Å²) < 4.78 is 10.6. The van der Waals surface area contributed by atoms with Gasteiger partial charge in [-0.25, -0.2) is 0 Å². The van der Waals surface area contributed by atoms with Crippen LogP contribution in [-0.4, -0.2) is 53.6 Å². The zero-order chi connectivity index (χ0) is 17.7. The molecule has 0 aromatic heterocycles. The minimum Gasteiger partial charge on any atom is -0.493 e. The average molecular weight is 401 g/mol. The highest BCUT2D eigenvalue weighted by Gasteiger charge is 2.34. The van der Waals surface area contributed by atoms with Crippen LogP contribution in [0, 0.1) is 10.1 Å². The molecule has 1 fully saturated rings. The largest absolute Gasteiger partial charge is 0.493 e. The Labute approximate surface area is 147 Å². The number of nitro benzene ring substituents is 1. The lowest BCUT2D eigenvalue weighted by Gasteiger charge is -2.21. The minimum absolute atomic E-state index is 0.114. The first-order chi connectivity index (χ1) is 11.5. The summed E-state index contributed by atoms with van der Waals surface area (Å²) in [5, 5.41) is 11.9. The van der Waals surface area contributed by atoms with E-state index in [2.05, 4.69) is 15.9 Å². The Bertz CT molecular complexity index is 651. The van der Waals surface area contributed by atoms with Gasteiger partial charge in [-0.05, 0) is 12.8 Å². The summed E-state index contributed by atoms with van der Waals surface area (Å²) in [7, 11) is 1.39. The van der Waals surface area contributed by atoms with E-state index in [0.29, 0.717) is 37.6 Å². The lowest BCUT2D eigenvalue weighted by molar-refractivity contribution is -0.385. The van der Waals surface area contributed by atoms with Gasteiger partial charge in [-0.15, -0.1) is 0 Å². The number of alkyl halides is 1. The number of hydrogen-bond acceptors (Lipinski definition) is 6. The number of likely N-dealkylation sites (tertiary alicyclic amines) is 1. The topological polar surface area (TPSA) is 99.0 Å². The number of hydrogen-bond donors (Lipinski definition) is 0. The molecular formula is C15H17BrN2O6. The monoisotopic (exact) mass is 400 g/mol. The Kier molecular flexibility index (Phi) is 6.13. The van der Waals surface area contributed by atoms with E-state index >= 15 is 0 Å². The van der Waals surface area contributed by atoms with Gasteiger partial charge in [0.1, 0.15) is 11.8 Å². The Morgan fingerprint density at radius 3 is 2.83 bits per heavy atom. The molecule has 24 heavy (non-hydrogen) atoms. The molecular weight excluding hydrogens is 384 g/mol. The van der Waals surface area contributed by atoms with Crippen LogP contribution in [0.5, 0.6) is 11.5 Å². The van der Waals surface area contributed by atoms with Gasteiger partial charge in [0.2, 0.25) is 0 Å². The van der Waals surface area contributed by atoms with E-state index in [9.17, 15) is 19.7 Å². The summed E-state index contributed by atoms with van der Waals surface area (Å²) >= 11 is 3.20. The normalized spacial score (nSPS) is 16.8. The molecule has 1 atom stereocenters. The molecule has 0 bridgehead atoms. The van der Waals surface area contributed by atoms with Crippen LogP contribution in [0.4, 0.5) is 5.69 Å². The fourth-order valence-electron chi connectivity index (χ4n) is 2.63. The van der Waals surface area contributed by atoms with Gasteiger partial charge in [-0.3, -0.25) is 14.9 Å². The maximum absolute atomic E-state index is 12.7. The molecule has 0 spiro atoms. The van der Waals surface area contributed by atoms with Crippen molar-refractivity contribution >= 4 is 33.8 Å². The van der Waals surface area contributed by atoms with Crippen molar-refractivity contribution in [1.82, 2.24) is 4.90 Å². The number of nitro groups is 1. The van der Waals surface area contributed by atoms with Crippen molar-refractivity contribution in [3.05, 3.63) is 27.8 Å². The molecule has 130 valence electrons. The smallest absolute Gasteiger partial charge is 0.286 e. The van der Waals surface area contributed by atoms with Gasteiger partial charge in [0.25, 0.3) is 11.6 Å². The van der Waals surface area contributed by atoms with Crippen molar-refractivity contribution < 1.29 is 24.0 Å². The number of methoxy groups -OCH3 is 1. The fraction of sp³-hybridized carbons (Fsp3) is 0.467. The number of benzene rings is 1. The molecule has 8 nitrogen and oxygen atoms in total. The number of rotatable bonds is 7. The first-order valence-corrected chi connectivity index (χ1v) is 8.47. The van der Waals surface area contributed by atoms with Crippen molar-refractivity contribution in [2.75, 3.05) is 25.6 Å². The summed E-state index contributed by atoms with van der Waals surface area (Å²) in [6.07, 6.45) is 1.95. The lowest BCUT2D eigenvalue weighted by Crippen LogP contribution is -2.36. The maximum atomic E-state index is 12.7. The second-order valence-electron chi connectivity index (χ2n) is 5.16. The molecule has 0 unspecified atom stereocenters. The molecule has 0 saturated carbocycles. The Morgan fingerprint density at radius 2 is 2.25 bits per heavy atom. The Morgan fingerprint density at radius 1 is 1.50 bits per heavy atom. The van der Waals surface area contributed by atoms with Gasteiger partial charge >= 0.3 is 0 Å². The molecule has 1 saturated heterocycles. The number of amides is 1. The van der Waals surface area contributed by atoms with E-state index in [4.69, 9.17) is 9.47 Å². The predicted octanol–water partition coefficient (Wildman–Crippen LogP) is 2.18. The molecule has 0 radical (unpaired) electrons. The van der Waals surface area contributed by atoms with Crippen LogP contribution in [0.3, 0.4) is 0 Å². The molecule has 2 rings (SSSR count). The maximum Gasteiger partial charge on any atom is 0.286 e. The Balaban J connectivity index is 2.45. The summed E-state index contributed by atoms with van der Waals surface area (Å²) in [5.41, 5.74) is -0.487. The van der Waals surface area contributed by atoms with Crippen LogP contribution < -0.4 is 9.47 Å². The summed E-state index contributed by atoms with van der Waals surface area (Å²) in [5.74, 6) is -0.137. The molecule has 1 aliphatic rings. The van der Waals surface area contributed by atoms with Crippen LogP contribution in [0.2, 0.25) is 0 Å². The highest BCUT2D eigenvalue weighted by Crippen LogP contribution is 2.36. The van der Waals surface area contributed by atoms with Crippen molar-refractivity contribution in [3.8, 4) is 11.5 Å². The number of carbonyl (C=O) groups is 2. The molecule has 1 aromatic rings. The van der Waals surface area contributed by atoms with Crippen LogP contribution in [0.25, 0.3) is 0 Å². The highest BCUT2D eigenvalue weighted by atomic mass is 79.9. The number of ether oxygens (including phenoxy) is 2. The zero-order valence-corrected chi connectivity index (χ0v) is 14.7. The Hall–Kier alpha value is -2.16. The first-order valence-electron chi connectivity index (χ1n) is 7.35. The van der Waals surface area contributed by atoms with Crippen molar-refractivity contribution in [1.29, 1.82) is 0 Å².